The van der Waals surface area contributed by atoms with Crippen LogP contribution in [0.5, 0.6) is 0 Å². The Morgan fingerprint density at radius 2 is 1.54 bits per heavy atom. The third-order valence-electron chi connectivity index (χ3n) is 3.89. The number of rotatable bonds is 8. The van der Waals surface area contributed by atoms with Crippen LogP contribution in [0.15, 0.2) is 60.7 Å². The summed E-state index contributed by atoms with van der Waals surface area (Å²) < 4.78 is 10.00. The molecule has 0 fully saturated rings. The number of amides is 1. The summed E-state index contributed by atoms with van der Waals surface area (Å²) in [4.78, 5) is 24.2. The van der Waals surface area contributed by atoms with Crippen molar-refractivity contribution < 1.29 is 19.1 Å². The highest BCUT2D eigenvalue weighted by molar-refractivity contribution is 5.84. The first-order valence-electron chi connectivity index (χ1n) is 8.40. The van der Waals surface area contributed by atoms with Gasteiger partial charge in [-0.3, -0.25) is 10.6 Å². The second-order valence-electron chi connectivity index (χ2n) is 5.97. The summed E-state index contributed by atoms with van der Waals surface area (Å²) in [5, 5.41) is 5.59. The maximum Gasteiger partial charge on any atom is 0.409 e. The van der Waals surface area contributed by atoms with Gasteiger partial charge in [0.2, 0.25) is 0 Å². The predicted octanol–water partition coefficient (Wildman–Crippen LogP) is 2.63. The van der Waals surface area contributed by atoms with Gasteiger partial charge >= 0.3 is 12.1 Å². The molecule has 0 bridgehead atoms. The SMILES string of the molecule is COC(=O)C(C)(NCCc1ccccc1)NC(=O)OCc1ccccc1. The van der Waals surface area contributed by atoms with E-state index in [0.717, 1.165) is 11.1 Å². The van der Waals surface area contributed by atoms with Gasteiger partial charge in [0, 0.05) is 6.54 Å². The van der Waals surface area contributed by atoms with Crippen molar-refractivity contribution in [1.82, 2.24) is 10.6 Å². The van der Waals surface area contributed by atoms with Gasteiger partial charge in [-0.05, 0) is 24.5 Å². The predicted molar refractivity (Wildman–Crippen MR) is 98.3 cm³/mol. The molecule has 138 valence electrons. The Hall–Kier alpha value is -2.86. The first-order valence-corrected chi connectivity index (χ1v) is 8.40. The van der Waals surface area contributed by atoms with E-state index in [0.29, 0.717) is 13.0 Å². The van der Waals surface area contributed by atoms with E-state index in [1.807, 2.05) is 60.7 Å². The smallest absolute Gasteiger partial charge is 0.409 e. The van der Waals surface area contributed by atoms with Crippen molar-refractivity contribution in [2.75, 3.05) is 13.7 Å². The monoisotopic (exact) mass is 356 g/mol. The molecule has 1 amide bonds. The molecule has 0 aliphatic carbocycles. The average molecular weight is 356 g/mol. The first kappa shape index (κ1) is 19.5. The molecule has 0 aromatic heterocycles. The van der Waals surface area contributed by atoms with Gasteiger partial charge in [-0.15, -0.1) is 0 Å². The number of hydrogen-bond acceptors (Lipinski definition) is 5. The molecule has 26 heavy (non-hydrogen) atoms. The highest BCUT2D eigenvalue weighted by Crippen LogP contribution is 2.06. The summed E-state index contributed by atoms with van der Waals surface area (Å²) in [6.07, 6.45) is 0.00251. The highest BCUT2D eigenvalue weighted by Gasteiger charge is 2.36. The molecule has 0 spiro atoms. The fourth-order valence-electron chi connectivity index (χ4n) is 2.44. The molecule has 1 atom stereocenters. The zero-order chi connectivity index (χ0) is 18.8. The number of carbonyl (C=O) groups excluding carboxylic acids is 2. The molecule has 0 aliphatic rings. The third-order valence-corrected chi connectivity index (χ3v) is 3.89. The molecule has 0 saturated heterocycles. The van der Waals surface area contributed by atoms with E-state index in [1.54, 1.807) is 6.92 Å². The highest BCUT2D eigenvalue weighted by atomic mass is 16.6. The number of ether oxygens (including phenoxy) is 2. The van der Waals surface area contributed by atoms with Crippen LogP contribution in [-0.4, -0.2) is 31.4 Å². The van der Waals surface area contributed by atoms with E-state index in [9.17, 15) is 9.59 Å². The van der Waals surface area contributed by atoms with Crippen LogP contribution in [0.1, 0.15) is 18.1 Å². The number of esters is 1. The Bertz CT molecular complexity index is 706. The van der Waals surface area contributed by atoms with Crippen LogP contribution < -0.4 is 10.6 Å². The van der Waals surface area contributed by atoms with E-state index in [4.69, 9.17) is 9.47 Å². The second kappa shape index (κ2) is 9.58. The van der Waals surface area contributed by atoms with Gasteiger partial charge in [-0.1, -0.05) is 60.7 Å². The molecule has 2 rings (SSSR count). The van der Waals surface area contributed by atoms with Crippen molar-refractivity contribution in [2.24, 2.45) is 0 Å². The summed E-state index contributed by atoms with van der Waals surface area (Å²) in [6.45, 7) is 2.15. The zero-order valence-corrected chi connectivity index (χ0v) is 15.0. The summed E-state index contributed by atoms with van der Waals surface area (Å²) >= 11 is 0. The molecule has 0 radical (unpaired) electrons. The number of carbonyl (C=O) groups is 2. The lowest BCUT2D eigenvalue weighted by Gasteiger charge is -2.28. The van der Waals surface area contributed by atoms with Gasteiger partial charge in [-0.25, -0.2) is 9.59 Å². The fraction of sp³-hybridized carbons (Fsp3) is 0.300. The van der Waals surface area contributed by atoms with Gasteiger partial charge in [-0.2, -0.15) is 0 Å². The van der Waals surface area contributed by atoms with E-state index >= 15 is 0 Å². The Balaban J connectivity index is 1.89. The molecule has 0 saturated carbocycles. The number of hydrogen-bond donors (Lipinski definition) is 2. The van der Waals surface area contributed by atoms with Crippen molar-refractivity contribution in [3.63, 3.8) is 0 Å². The van der Waals surface area contributed by atoms with Gasteiger partial charge in [0.25, 0.3) is 0 Å². The van der Waals surface area contributed by atoms with E-state index in [-0.39, 0.29) is 6.61 Å². The van der Waals surface area contributed by atoms with Crippen LogP contribution in [0.3, 0.4) is 0 Å². The maximum absolute atomic E-state index is 12.1. The van der Waals surface area contributed by atoms with Crippen LogP contribution in [-0.2, 0) is 27.3 Å². The minimum absolute atomic E-state index is 0.119. The number of nitrogens with one attached hydrogen (secondary N) is 2. The normalized spacial score (nSPS) is 12.7. The first-order chi connectivity index (χ1) is 12.5. The largest absolute Gasteiger partial charge is 0.466 e. The lowest BCUT2D eigenvalue weighted by atomic mass is 10.1. The van der Waals surface area contributed by atoms with Gasteiger partial charge in [0.15, 0.2) is 5.66 Å². The van der Waals surface area contributed by atoms with E-state index in [2.05, 4.69) is 10.6 Å². The Kier molecular flexibility index (Phi) is 7.17. The Morgan fingerprint density at radius 1 is 0.962 bits per heavy atom. The molecule has 6 heteroatoms. The zero-order valence-electron chi connectivity index (χ0n) is 15.0. The average Bonchev–Trinajstić information content (AvgIpc) is 2.67. The van der Waals surface area contributed by atoms with Crippen molar-refractivity contribution >= 4 is 12.1 Å². The van der Waals surface area contributed by atoms with Gasteiger partial charge < -0.3 is 9.47 Å². The lowest BCUT2D eigenvalue weighted by Crippen LogP contribution is -2.62. The van der Waals surface area contributed by atoms with Crippen molar-refractivity contribution in [3.05, 3.63) is 71.8 Å². The summed E-state index contributed by atoms with van der Waals surface area (Å²) in [7, 11) is 1.27. The number of methoxy groups -OCH3 is 1. The Morgan fingerprint density at radius 3 is 2.12 bits per heavy atom. The summed E-state index contributed by atoms with van der Waals surface area (Å²) in [5.41, 5.74) is 0.607. The Labute approximate surface area is 153 Å². The quantitative estimate of drug-likeness (QED) is 0.562. The van der Waals surface area contributed by atoms with Crippen LogP contribution in [0.2, 0.25) is 0 Å². The van der Waals surface area contributed by atoms with Crippen molar-refractivity contribution in [1.29, 1.82) is 0 Å². The summed E-state index contributed by atoms with van der Waals surface area (Å²) in [6, 6.07) is 19.2. The molecule has 0 heterocycles. The molecular formula is C20H24N2O4. The minimum atomic E-state index is -1.38. The number of alkyl carbamates (subject to hydrolysis) is 1. The van der Waals surface area contributed by atoms with Crippen LogP contribution in [0.25, 0.3) is 0 Å². The lowest BCUT2D eigenvalue weighted by molar-refractivity contribution is -0.149. The van der Waals surface area contributed by atoms with Crippen molar-refractivity contribution in [3.8, 4) is 0 Å². The molecule has 0 aliphatic heterocycles. The molecular weight excluding hydrogens is 332 g/mol. The van der Waals surface area contributed by atoms with Gasteiger partial charge in [0.1, 0.15) is 6.61 Å². The molecule has 2 N–H and O–H groups in total. The molecule has 2 aromatic rings. The molecule has 1 unspecified atom stereocenters. The fourth-order valence-corrected chi connectivity index (χ4v) is 2.44. The van der Waals surface area contributed by atoms with E-state index in [1.165, 1.54) is 7.11 Å². The van der Waals surface area contributed by atoms with Crippen LogP contribution in [0.4, 0.5) is 4.79 Å². The van der Waals surface area contributed by atoms with Crippen LogP contribution >= 0.6 is 0 Å². The third kappa shape index (κ3) is 5.89. The second-order valence-corrected chi connectivity index (χ2v) is 5.97. The van der Waals surface area contributed by atoms with Crippen molar-refractivity contribution in [2.45, 2.75) is 25.6 Å². The van der Waals surface area contributed by atoms with Crippen LogP contribution in [0, 0.1) is 0 Å². The minimum Gasteiger partial charge on any atom is -0.466 e. The van der Waals surface area contributed by atoms with Gasteiger partial charge in [0.05, 0.1) is 7.11 Å². The maximum atomic E-state index is 12.1. The number of benzene rings is 2. The standard InChI is InChI=1S/C20H24N2O4/c1-20(18(23)25-2,21-14-13-16-9-5-3-6-10-16)22-19(24)26-15-17-11-7-4-8-12-17/h3-12,21H,13-15H2,1-2H3,(H,22,24). The topological polar surface area (TPSA) is 76.7 Å². The summed E-state index contributed by atoms with van der Waals surface area (Å²) in [5.74, 6) is -0.595. The molecule has 6 nitrogen and oxygen atoms in total. The molecule has 2 aromatic carbocycles. The van der Waals surface area contributed by atoms with E-state index < -0.39 is 17.7 Å².